The van der Waals surface area contributed by atoms with E-state index < -0.39 is 12.1 Å². The zero-order valence-electron chi connectivity index (χ0n) is 15.8. The summed E-state index contributed by atoms with van der Waals surface area (Å²) in [6.07, 6.45) is 1.59. The number of carbonyl (C=O) groups excluding carboxylic acids is 3. The second kappa shape index (κ2) is 9.11. The standard InChI is InChI=1S/C19H17ClN6O4/c1-30-14-5-3-12-8-26(17(28)15(12)6-14)9-13(24-19(29)23-10-27)4-2-11-7-22-18(20)25-16(11)21/h3,5-7,10,13H,8-9H2,1H3,(H2,21,22,25)(H2,23,24,27,29)/t13-/m1/s1. The number of anilines is 1. The molecular weight excluding hydrogens is 412 g/mol. The van der Waals surface area contributed by atoms with Gasteiger partial charge in [0.05, 0.1) is 19.2 Å². The van der Waals surface area contributed by atoms with Crippen molar-refractivity contribution in [2.45, 2.75) is 12.6 Å². The number of carbonyl (C=O) groups is 3. The van der Waals surface area contributed by atoms with E-state index in [0.29, 0.717) is 23.4 Å². The van der Waals surface area contributed by atoms with E-state index >= 15 is 0 Å². The molecule has 1 aliphatic heterocycles. The number of ether oxygens (including phenoxy) is 1. The van der Waals surface area contributed by atoms with Gasteiger partial charge in [-0.15, -0.1) is 0 Å². The molecule has 154 valence electrons. The van der Waals surface area contributed by atoms with E-state index in [4.69, 9.17) is 22.1 Å². The molecule has 0 saturated carbocycles. The van der Waals surface area contributed by atoms with Gasteiger partial charge in [0.15, 0.2) is 0 Å². The Labute approximate surface area is 176 Å². The number of fused-ring (bicyclic) bond motifs is 1. The highest BCUT2D eigenvalue weighted by molar-refractivity contribution is 6.28. The van der Waals surface area contributed by atoms with E-state index in [1.807, 2.05) is 11.4 Å². The third-order valence-corrected chi connectivity index (χ3v) is 4.45. The monoisotopic (exact) mass is 428 g/mol. The van der Waals surface area contributed by atoms with Crippen molar-refractivity contribution in [3.63, 3.8) is 0 Å². The molecule has 1 aromatic carbocycles. The molecule has 4 amide bonds. The van der Waals surface area contributed by atoms with Crippen LogP contribution in [-0.2, 0) is 11.3 Å². The molecular formula is C19H17ClN6O4. The third-order valence-electron chi connectivity index (χ3n) is 4.26. The van der Waals surface area contributed by atoms with Gasteiger partial charge in [-0.05, 0) is 29.3 Å². The Morgan fingerprint density at radius 1 is 1.50 bits per heavy atom. The Morgan fingerprint density at radius 2 is 2.30 bits per heavy atom. The predicted molar refractivity (Wildman–Crippen MR) is 108 cm³/mol. The first-order valence-electron chi connectivity index (χ1n) is 8.67. The quantitative estimate of drug-likeness (QED) is 0.359. The van der Waals surface area contributed by atoms with Gasteiger partial charge in [0.25, 0.3) is 5.91 Å². The first-order valence-corrected chi connectivity index (χ1v) is 9.05. The van der Waals surface area contributed by atoms with Gasteiger partial charge in [0, 0.05) is 18.3 Å². The van der Waals surface area contributed by atoms with E-state index in [9.17, 15) is 14.4 Å². The number of nitrogens with zero attached hydrogens (tertiary/aromatic N) is 3. The summed E-state index contributed by atoms with van der Waals surface area (Å²) >= 11 is 5.68. The molecule has 4 N–H and O–H groups in total. The maximum atomic E-state index is 12.8. The molecule has 0 spiro atoms. The molecule has 2 aromatic rings. The fraction of sp³-hybridized carbons (Fsp3) is 0.211. The first kappa shape index (κ1) is 20.9. The van der Waals surface area contributed by atoms with Crippen LogP contribution in [0.3, 0.4) is 0 Å². The van der Waals surface area contributed by atoms with Gasteiger partial charge in [0.1, 0.15) is 17.6 Å². The van der Waals surface area contributed by atoms with Crippen LogP contribution in [-0.4, -0.2) is 52.9 Å². The highest BCUT2D eigenvalue weighted by Crippen LogP contribution is 2.26. The van der Waals surface area contributed by atoms with Crippen LogP contribution in [0.1, 0.15) is 21.5 Å². The molecule has 0 bridgehead atoms. The fourth-order valence-electron chi connectivity index (χ4n) is 2.85. The number of imide groups is 1. The van der Waals surface area contributed by atoms with Gasteiger partial charge in [-0.25, -0.2) is 9.78 Å². The highest BCUT2D eigenvalue weighted by Gasteiger charge is 2.29. The summed E-state index contributed by atoms with van der Waals surface area (Å²) in [7, 11) is 1.52. The minimum Gasteiger partial charge on any atom is -0.497 e. The number of hydrogen-bond donors (Lipinski definition) is 3. The lowest BCUT2D eigenvalue weighted by Gasteiger charge is -2.21. The van der Waals surface area contributed by atoms with Crippen molar-refractivity contribution in [1.29, 1.82) is 0 Å². The summed E-state index contributed by atoms with van der Waals surface area (Å²) in [6, 6.07) is 3.68. The normalized spacial score (nSPS) is 13.0. The van der Waals surface area contributed by atoms with Gasteiger partial charge >= 0.3 is 6.03 Å². The van der Waals surface area contributed by atoms with Crippen LogP contribution in [0.5, 0.6) is 5.75 Å². The topological polar surface area (TPSA) is 140 Å². The number of halogens is 1. The number of rotatable bonds is 5. The molecule has 10 nitrogen and oxygen atoms in total. The van der Waals surface area contributed by atoms with Crippen LogP contribution in [0, 0.1) is 11.8 Å². The summed E-state index contributed by atoms with van der Waals surface area (Å²) in [5.41, 5.74) is 7.43. The van der Waals surface area contributed by atoms with Gasteiger partial charge in [-0.3, -0.25) is 14.9 Å². The average molecular weight is 429 g/mol. The molecule has 0 radical (unpaired) electrons. The maximum absolute atomic E-state index is 12.8. The summed E-state index contributed by atoms with van der Waals surface area (Å²) in [6.45, 7) is 0.420. The fourth-order valence-corrected chi connectivity index (χ4v) is 2.99. The summed E-state index contributed by atoms with van der Waals surface area (Å²) in [4.78, 5) is 44.3. The molecule has 1 aromatic heterocycles. The van der Waals surface area contributed by atoms with Crippen LogP contribution < -0.4 is 21.1 Å². The molecule has 1 aliphatic rings. The van der Waals surface area contributed by atoms with E-state index in [1.54, 1.807) is 12.1 Å². The number of amides is 4. The van der Waals surface area contributed by atoms with Crippen LogP contribution >= 0.6 is 11.6 Å². The number of urea groups is 1. The van der Waals surface area contributed by atoms with Crippen molar-refractivity contribution in [2.24, 2.45) is 0 Å². The Balaban J connectivity index is 1.81. The Hall–Kier alpha value is -3.84. The van der Waals surface area contributed by atoms with Gasteiger partial charge in [-0.2, -0.15) is 4.98 Å². The molecule has 0 saturated heterocycles. The SMILES string of the molecule is COc1ccc2c(c1)C(=O)N(C[C@@H](C#Cc1cnc(Cl)nc1N)NC(=O)NC=O)C2. The number of hydrogen-bond acceptors (Lipinski definition) is 7. The largest absolute Gasteiger partial charge is 0.497 e. The van der Waals surface area contributed by atoms with Crippen molar-refractivity contribution in [3.05, 3.63) is 46.4 Å². The van der Waals surface area contributed by atoms with Gasteiger partial charge in [-0.1, -0.05) is 17.9 Å². The molecule has 3 rings (SSSR count). The molecule has 1 atom stereocenters. The predicted octanol–water partition coefficient (Wildman–Crippen LogP) is 0.552. The number of nitrogens with one attached hydrogen (secondary N) is 2. The summed E-state index contributed by atoms with van der Waals surface area (Å²) in [5, 5.41) is 4.49. The van der Waals surface area contributed by atoms with Crippen LogP contribution in [0.25, 0.3) is 0 Å². The minimum atomic E-state index is -0.805. The molecule has 0 unspecified atom stereocenters. The number of methoxy groups -OCH3 is 1. The minimum absolute atomic E-state index is 0.0195. The van der Waals surface area contributed by atoms with E-state index in [-0.39, 0.29) is 30.0 Å². The summed E-state index contributed by atoms with van der Waals surface area (Å²) in [5.74, 6) is 6.02. The van der Waals surface area contributed by atoms with Crippen LogP contribution in [0.2, 0.25) is 5.28 Å². The average Bonchev–Trinajstić information content (AvgIpc) is 3.02. The zero-order chi connectivity index (χ0) is 21.7. The van der Waals surface area contributed by atoms with Crippen LogP contribution in [0.4, 0.5) is 10.6 Å². The van der Waals surface area contributed by atoms with Gasteiger partial charge < -0.3 is 20.7 Å². The highest BCUT2D eigenvalue weighted by atomic mass is 35.5. The van der Waals surface area contributed by atoms with Gasteiger partial charge in [0.2, 0.25) is 11.7 Å². The number of nitrogen functional groups attached to an aromatic ring is 1. The first-order chi connectivity index (χ1) is 14.4. The Bertz CT molecular complexity index is 1060. The van der Waals surface area contributed by atoms with Crippen molar-refractivity contribution in [1.82, 2.24) is 25.5 Å². The second-order valence-corrected chi connectivity index (χ2v) is 6.54. The zero-order valence-corrected chi connectivity index (χ0v) is 16.6. The Kier molecular flexibility index (Phi) is 6.34. The Morgan fingerprint density at radius 3 is 3.00 bits per heavy atom. The van der Waals surface area contributed by atoms with Crippen LogP contribution in [0.15, 0.2) is 24.4 Å². The van der Waals surface area contributed by atoms with Crippen molar-refractivity contribution in [3.8, 4) is 17.6 Å². The van der Waals surface area contributed by atoms with E-state index in [1.165, 1.54) is 18.2 Å². The van der Waals surface area contributed by atoms with E-state index in [0.717, 1.165) is 5.56 Å². The lowest BCUT2D eigenvalue weighted by molar-refractivity contribution is -0.108. The maximum Gasteiger partial charge on any atom is 0.322 e. The number of benzene rings is 1. The second-order valence-electron chi connectivity index (χ2n) is 6.20. The number of nitrogens with two attached hydrogens (primary N) is 1. The molecule has 30 heavy (non-hydrogen) atoms. The van der Waals surface area contributed by atoms with Crippen molar-refractivity contribution >= 4 is 35.8 Å². The van der Waals surface area contributed by atoms with Crippen molar-refractivity contribution < 1.29 is 19.1 Å². The lowest BCUT2D eigenvalue weighted by atomic mass is 10.1. The molecule has 11 heteroatoms. The number of aromatic nitrogens is 2. The molecule has 0 fully saturated rings. The van der Waals surface area contributed by atoms with Crippen molar-refractivity contribution in [2.75, 3.05) is 19.4 Å². The smallest absolute Gasteiger partial charge is 0.322 e. The molecule has 2 heterocycles. The molecule has 0 aliphatic carbocycles. The summed E-state index contributed by atoms with van der Waals surface area (Å²) < 4.78 is 5.17. The van der Waals surface area contributed by atoms with E-state index in [2.05, 4.69) is 27.1 Å². The third kappa shape index (κ3) is 4.76. The lowest BCUT2D eigenvalue weighted by Crippen LogP contribution is -2.46.